The zero-order valence-corrected chi connectivity index (χ0v) is 20.3. The number of carboxylic acids is 1. The zero-order chi connectivity index (χ0) is 25.2. The van der Waals surface area contributed by atoms with Gasteiger partial charge in [-0.2, -0.15) is 0 Å². The van der Waals surface area contributed by atoms with Gasteiger partial charge in [-0.05, 0) is 34.1 Å². The number of fused-ring (bicyclic) bond motifs is 3. The lowest BCUT2D eigenvalue weighted by Gasteiger charge is -2.30. The fourth-order valence-electron chi connectivity index (χ4n) is 4.81. The first-order valence-corrected chi connectivity index (χ1v) is 11.8. The number of carbonyl (C=O) groups is 3. The van der Waals surface area contributed by atoms with E-state index in [2.05, 4.69) is 22.8 Å². The summed E-state index contributed by atoms with van der Waals surface area (Å²) in [6, 6.07) is 15.1. The van der Waals surface area contributed by atoms with Crippen LogP contribution in [0.1, 0.15) is 50.7 Å². The van der Waals surface area contributed by atoms with Crippen LogP contribution >= 0.6 is 0 Å². The van der Waals surface area contributed by atoms with Gasteiger partial charge in [0.1, 0.15) is 12.6 Å². The minimum Gasteiger partial charge on any atom is -0.479 e. The number of rotatable bonds is 7. The van der Waals surface area contributed by atoms with Crippen molar-refractivity contribution in [2.75, 3.05) is 19.8 Å². The number of aliphatic carboxylic acids is 1. The SMILES string of the molecule is CC(C)(C)CC(NC(=O)OCC1c2ccccc2-c2ccccc21)C(=O)NC1(C(=O)O)CCOC1. The van der Waals surface area contributed by atoms with Crippen LogP contribution in [0.2, 0.25) is 0 Å². The topological polar surface area (TPSA) is 114 Å². The maximum Gasteiger partial charge on any atom is 0.407 e. The molecule has 1 aliphatic carbocycles. The van der Waals surface area contributed by atoms with Gasteiger partial charge in [0, 0.05) is 18.9 Å². The van der Waals surface area contributed by atoms with Crippen LogP contribution < -0.4 is 10.6 Å². The highest BCUT2D eigenvalue weighted by atomic mass is 16.5. The second-order valence-electron chi connectivity index (χ2n) is 10.5. The second kappa shape index (κ2) is 9.70. The van der Waals surface area contributed by atoms with Crippen molar-refractivity contribution in [3.8, 4) is 11.1 Å². The molecule has 0 radical (unpaired) electrons. The standard InChI is InChI=1S/C27H32N2O6/c1-26(2,3)14-22(23(30)29-27(24(31)32)12-13-34-16-27)28-25(33)35-15-21-19-10-6-4-8-17(19)18-9-5-7-11-20(18)21/h4-11,21-22H,12-16H2,1-3H3,(H,28,33)(H,29,30)(H,31,32). The quantitative estimate of drug-likeness (QED) is 0.557. The molecule has 1 heterocycles. The van der Waals surface area contributed by atoms with E-state index in [0.29, 0.717) is 6.42 Å². The van der Waals surface area contributed by atoms with Gasteiger partial charge in [0.05, 0.1) is 6.61 Å². The summed E-state index contributed by atoms with van der Waals surface area (Å²) in [5.41, 5.74) is 2.64. The van der Waals surface area contributed by atoms with E-state index in [0.717, 1.165) is 22.3 Å². The van der Waals surface area contributed by atoms with Crippen LogP contribution in [0.5, 0.6) is 0 Å². The van der Waals surface area contributed by atoms with Gasteiger partial charge in [-0.15, -0.1) is 0 Å². The molecule has 0 saturated carbocycles. The van der Waals surface area contributed by atoms with Crippen LogP contribution in [0, 0.1) is 5.41 Å². The van der Waals surface area contributed by atoms with Crippen molar-refractivity contribution in [3.05, 3.63) is 59.7 Å². The molecule has 1 fully saturated rings. The van der Waals surface area contributed by atoms with E-state index in [1.54, 1.807) is 0 Å². The number of carbonyl (C=O) groups excluding carboxylic acids is 2. The molecule has 0 spiro atoms. The Labute approximate surface area is 205 Å². The molecule has 2 aliphatic rings. The number of nitrogens with one attached hydrogen (secondary N) is 2. The maximum atomic E-state index is 13.1. The lowest BCUT2D eigenvalue weighted by atomic mass is 9.87. The fraction of sp³-hybridized carbons (Fsp3) is 0.444. The van der Waals surface area contributed by atoms with Crippen molar-refractivity contribution in [1.29, 1.82) is 0 Å². The number of carboxylic acid groups (broad SMARTS) is 1. The smallest absolute Gasteiger partial charge is 0.407 e. The van der Waals surface area contributed by atoms with E-state index >= 15 is 0 Å². The van der Waals surface area contributed by atoms with Crippen molar-refractivity contribution in [2.45, 2.75) is 51.1 Å². The number of hydrogen-bond donors (Lipinski definition) is 3. The van der Waals surface area contributed by atoms with E-state index in [1.807, 2.05) is 57.2 Å². The van der Waals surface area contributed by atoms with E-state index in [9.17, 15) is 19.5 Å². The average Bonchev–Trinajstić information content (AvgIpc) is 3.40. The average molecular weight is 481 g/mol. The first kappa shape index (κ1) is 24.7. The third-order valence-electron chi connectivity index (χ3n) is 6.56. The Kier molecular flexibility index (Phi) is 6.85. The Hall–Kier alpha value is -3.39. The summed E-state index contributed by atoms with van der Waals surface area (Å²) in [6.07, 6.45) is -0.246. The molecule has 186 valence electrons. The molecule has 3 N–H and O–H groups in total. The number of alkyl carbamates (subject to hydrolysis) is 1. The van der Waals surface area contributed by atoms with E-state index in [4.69, 9.17) is 9.47 Å². The number of benzene rings is 2. The summed E-state index contributed by atoms with van der Waals surface area (Å²) in [6.45, 7) is 6.09. The first-order valence-electron chi connectivity index (χ1n) is 11.8. The molecular formula is C27H32N2O6. The highest BCUT2D eigenvalue weighted by molar-refractivity contribution is 5.91. The van der Waals surface area contributed by atoms with Crippen molar-refractivity contribution < 1.29 is 29.0 Å². The fourth-order valence-corrected chi connectivity index (χ4v) is 4.81. The summed E-state index contributed by atoms with van der Waals surface area (Å²) in [5, 5.41) is 14.9. The molecule has 2 aromatic rings. The van der Waals surface area contributed by atoms with Crippen LogP contribution in [0.4, 0.5) is 4.79 Å². The summed E-state index contributed by atoms with van der Waals surface area (Å²) in [4.78, 5) is 37.8. The van der Waals surface area contributed by atoms with E-state index in [-0.39, 0.29) is 37.6 Å². The molecule has 2 amide bonds. The molecule has 2 aromatic carbocycles. The van der Waals surface area contributed by atoms with Gasteiger partial charge < -0.3 is 25.2 Å². The molecule has 1 aliphatic heterocycles. The summed E-state index contributed by atoms with van der Waals surface area (Å²) < 4.78 is 10.8. The molecule has 8 heteroatoms. The monoisotopic (exact) mass is 480 g/mol. The molecule has 0 aromatic heterocycles. The van der Waals surface area contributed by atoms with Gasteiger partial charge in [0.25, 0.3) is 0 Å². The largest absolute Gasteiger partial charge is 0.479 e. The maximum absolute atomic E-state index is 13.1. The van der Waals surface area contributed by atoms with Gasteiger partial charge >= 0.3 is 12.1 Å². The van der Waals surface area contributed by atoms with Crippen molar-refractivity contribution >= 4 is 18.0 Å². The van der Waals surface area contributed by atoms with Crippen molar-refractivity contribution in [1.82, 2.24) is 10.6 Å². The molecule has 1 saturated heterocycles. The summed E-state index contributed by atoms with van der Waals surface area (Å²) >= 11 is 0. The van der Waals surface area contributed by atoms with Gasteiger partial charge in [-0.3, -0.25) is 4.79 Å². The summed E-state index contributed by atoms with van der Waals surface area (Å²) in [5.74, 6) is -1.82. The Balaban J connectivity index is 1.45. The highest BCUT2D eigenvalue weighted by Crippen LogP contribution is 2.44. The van der Waals surface area contributed by atoms with Gasteiger partial charge in [0.15, 0.2) is 5.54 Å². The molecule has 4 rings (SSSR count). The van der Waals surface area contributed by atoms with Crippen LogP contribution in [0.3, 0.4) is 0 Å². The molecule has 35 heavy (non-hydrogen) atoms. The number of amides is 2. The molecule has 2 unspecified atom stereocenters. The van der Waals surface area contributed by atoms with Gasteiger partial charge in [-0.25, -0.2) is 9.59 Å². The molecular weight excluding hydrogens is 448 g/mol. The Morgan fingerprint density at radius 1 is 1.09 bits per heavy atom. The summed E-state index contributed by atoms with van der Waals surface area (Å²) in [7, 11) is 0. The second-order valence-corrected chi connectivity index (χ2v) is 10.5. The van der Waals surface area contributed by atoms with Crippen LogP contribution in [-0.4, -0.2) is 54.5 Å². The van der Waals surface area contributed by atoms with E-state index in [1.165, 1.54) is 0 Å². The van der Waals surface area contributed by atoms with E-state index < -0.39 is 29.6 Å². The molecule has 0 bridgehead atoms. The Morgan fingerprint density at radius 2 is 1.69 bits per heavy atom. The number of ether oxygens (including phenoxy) is 2. The van der Waals surface area contributed by atoms with Crippen LogP contribution in [0.25, 0.3) is 11.1 Å². The van der Waals surface area contributed by atoms with Crippen LogP contribution in [-0.2, 0) is 19.1 Å². The predicted molar refractivity (Wildman–Crippen MR) is 130 cm³/mol. The zero-order valence-electron chi connectivity index (χ0n) is 20.3. The van der Waals surface area contributed by atoms with Gasteiger partial charge in [0.2, 0.25) is 5.91 Å². The van der Waals surface area contributed by atoms with Gasteiger partial charge in [-0.1, -0.05) is 69.3 Å². The first-order chi connectivity index (χ1) is 16.6. The minimum absolute atomic E-state index is 0.103. The third-order valence-corrected chi connectivity index (χ3v) is 6.56. The Morgan fingerprint density at radius 3 is 2.20 bits per heavy atom. The minimum atomic E-state index is -1.49. The highest BCUT2D eigenvalue weighted by Gasteiger charge is 2.45. The lowest BCUT2D eigenvalue weighted by Crippen LogP contribution is -2.60. The number of hydrogen-bond acceptors (Lipinski definition) is 5. The molecule has 2 atom stereocenters. The Bertz CT molecular complexity index is 1070. The van der Waals surface area contributed by atoms with Crippen molar-refractivity contribution in [3.63, 3.8) is 0 Å². The lowest BCUT2D eigenvalue weighted by molar-refractivity contribution is -0.148. The normalized spacial score (nSPS) is 20.0. The predicted octanol–water partition coefficient (Wildman–Crippen LogP) is 3.69. The molecule has 8 nitrogen and oxygen atoms in total. The third kappa shape index (κ3) is 5.32. The van der Waals surface area contributed by atoms with Crippen molar-refractivity contribution in [2.24, 2.45) is 5.41 Å². The van der Waals surface area contributed by atoms with Crippen LogP contribution in [0.15, 0.2) is 48.5 Å².